The molecule has 24 heavy (non-hydrogen) atoms. The molecule has 0 spiro atoms. The van der Waals surface area contributed by atoms with Gasteiger partial charge in [-0.05, 0) is 64.5 Å². The Morgan fingerprint density at radius 3 is 2.67 bits per heavy atom. The third kappa shape index (κ3) is 5.82. The van der Waals surface area contributed by atoms with Crippen molar-refractivity contribution in [1.82, 2.24) is 10.2 Å². The van der Waals surface area contributed by atoms with Crippen molar-refractivity contribution in [3.8, 4) is 0 Å². The number of aryl methyl sites for hydroxylation is 1. The molecule has 1 heterocycles. The molecule has 2 atom stereocenters. The lowest BCUT2D eigenvalue weighted by Gasteiger charge is -2.39. The van der Waals surface area contributed by atoms with Crippen molar-refractivity contribution in [3.63, 3.8) is 0 Å². The predicted octanol–water partition coefficient (Wildman–Crippen LogP) is 3.85. The van der Waals surface area contributed by atoms with Crippen molar-refractivity contribution in [2.45, 2.75) is 58.1 Å². The number of carbonyl (C=O) groups excluding carboxylic acids is 1. The highest BCUT2D eigenvalue weighted by atomic mass is 16.6. The van der Waals surface area contributed by atoms with Crippen molar-refractivity contribution in [2.75, 3.05) is 20.1 Å². The van der Waals surface area contributed by atoms with Gasteiger partial charge in [0.05, 0.1) is 6.04 Å². The predicted molar refractivity (Wildman–Crippen MR) is 98.1 cm³/mol. The fourth-order valence-electron chi connectivity index (χ4n) is 3.37. The van der Waals surface area contributed by atoms with Gasteiger partial charge < -0.3 is 15.0 Å². The monoisotopic (exact) mass is 332 g/mol. The third-order valence-corrected chi connectivity index (χ3v) is 4.65. The molecule has 4 heteroatoms. The first-order valence-corrected chi connectivity index (χ1v) is 9.07. The summed E-state index contributed by atoms with van der Waals surface area (Å²) < 4.78 is 5.53. The number of amides is 1. The molecule has 2 rings (SSSR count). The smallest absolute Gasteiger partial charge is 0.410 e. The van der Waals surface area contributed by atoms with E-state index in [1.165, 1.54) is 5.56 Å². The van der Waals surface area contributed by atoms with Gasteiger partial charge in [-0.3, -0.25) is 0 Å². The second-order valence-corrected chi connectivity index (χ2v) is 7.79. The van der Waals surface area contributed by atoms with Gasteiger partial charge in [-0.15, -0.1) is 0 Å². The van der Waals surface area contributed by atoms with Crippen LogP contribution in [-0.2, 0) is 11.2 Å². The van der Waals surface area contributed by atoms with Crippen molar-refractivity contribution in [1.29, 1.82) is 0 Å². The molecule has 0 radical (unpaired) electrons. The van der Waals surface area contributed by atoms with Crippen molar-refractivity contribution < 1.29 is 9.53 Å². The topological polar surface area (TPSA) is 41.6 Å². The first-order valence-electron chi connectivity index (χ1n) is 9.07. The Hall–Kier alpha value is -1.55. The largest absolute Gasteiger partial charge is 0.444 e. The van der Waals surface area contributed by atoms with Crippen LogP contribution in [0.5, 0.6) is 0 Å². The van der Waals surface area contributed by atoms with Gasteiger partial charge >= 0.3 is 6.09 Å². The van der Waals surface area contributed by atoms with Gasteiger partial charge in [0.15, 0.2) is 0 Å². The molecule has 1 aliphatic rings. The van der Waals surface area contributed by atoms with Gasteiger partial charge in [0.2, 0.25) is 0 Å². The van der Waals surface area contributed by atoms with Crippen LogP contribution in [0.4, 0.5) is 4.79 Å². The number of rotatable bonds is 5. The zero-order chi connectivity index (χ0) is 17.6. The zero-order valence-corrected chi connectivity index (χ0v) is 15.5. The molecule has 134 valence electrons. The highest BCUT2D eigenvalue weighted by Gasteiger charge is 2.32. The summed E-state index contributed by atoms with van der Waals surface area (Å²) in [6, 6.07) is 10.8. The van der Waals surface area contributed by atoms with Crippen LogP contribution >= 0.6 is 0 Å². The molecule has 1 aromatic rings. The van der Waals surface area contributed by atoms with E-state index in [0.29, 0.717) is 5.92 Å². The quantitative estimate of drug-likeness (QED) is 0.890. The van der Waals surface area contributed by atoms with Crippen molar-refractivity contribution >= 4 is 6.09 Å². The van der Waals surface area contributed by atoms with Crippen LogP contribution in [-0.4, -0.2) is 42.8 Å². The van der Waals surface area contributed by atoms with Crippen LogP contribution in [0.2, 0.25) is 0 Å². The second kappa shape index (κ2) is 8.52. The second-order valence-electron chi connectivity index (χ2n) is 7.79. The van der Waals surface area contributed by atoms with Gasteiger partial charge in [0.25, 0.3) is 0 Å². The van der Waals surface area contributed by atoms with Crippen LogP contribution in [0, 0.1) is 5.92 Å². The number of hydrogen-bond acceptors (Lipinski definition) is 3. The highest BCUT2D eigenvalue weighted by Crippen LogP contribution is 2.24. The van der Waals surface area contributed by atoms with Crippen LogP contribution < -0.4 is 5.32 Å². The summed E-state index contributed by atoms with van der Waals surface area (Å²) in [4.78, 5) is 14.2. The van der Waals surface area contributed by atoms with E-state index >= 15 is 0 Å². The number of likely N-dealkylation sites (N-methyl/N-ethyl adjacent to an activating group) is 1. The molecule has 0 aromatic heterocycles. The van der Waals surface area contributed by atoms with E-state index in [0.717, 1.165) is 38.8 Å². The molecule has 4 nitrogen and oxygen atoms in total. The summed E-state index contributed by atoms with van der Waals surface area (Å²) in [6.07, 6.45) is 4.31. The molecule has 0 aliphatic carbocycles. The Morgan fingerprint density at radius 2 is 2.00 bits per heavy atom. The number of nitrogens with one attached hydrogen (secondary N) is 1. The first-order chi connectivity index (χ1) is 11.4. The minimum Gasteiger partial charge on any atom is -0.444 e. The molecule has 1 N–H and O–H groups in total. The lowest BCUT2D eigenvalue weighted by molar-refractivity contribution is 0.0127. The Kier molecular flexibility index (Phi) is 6.67. The van der Waals surface area contributed by atoms with Crippen LogP contribution in [0.3, 0.4) is 0 Å². The first kappa shape index (κ1) is 18.8. The van der Waals surface area contributed by atoms with Crippen molar-refractivity contribution in [2.24, 2.45) is 5.92 Å². The van der Waals surface area contributed by atoms with Gasteiger partial charge in [0.1, 0.15) is 5.60 Å². The molecule has 0 bridgehead atoms. The van der Waals surface area contributed by atoms with Gasteiger partial charge in [-0.25, -0.2) is 4.79 Å². The lowest BCUT2D eigenvalue weighted by atomic mass is 9.86. The molecule has 1 fully saturated rings. The number of benzene rings is 1. The van der Waals surface area contributed by atoms with Crippen LogP contribution in [0.15, 0.2) is 30.3 Å². The summed E-state index contributed by atoms with van der Waals surface area (Å²) in [5, 5.41) is 3.42. The maximum atomic E-state index is 12.4. The molecule has 2 unspecified atom stereocenters. The number of hydrogen-bond donors (Lipinski definition) is 1. The standard InChI is InChI=1S/C20H32N2O2/c1-20(2,3)24-19(23)22(4)18-15-21-14-13-17(18)12-8-11-16-9-6-5-7-10-16/h5-7,9-10,17-18,21H,8,11-15H2,1-4H3. The normalized spacial score (nSPS) is 21.3. The Balaban J connectivity index is 1.88. The average Bonchev–Trinajstić information content (AvgIpc) is 2.54. The average molecular weight is 332 g/mol. The molecular weight excluding hydrogens is 300 g/mol. The SMILES string of the molecule is CN(C(=O)OC(C)(C)C)C1CNCCC1CCCc1ccccc1. The fourth-order valence-corrected chi connectivity index (χ4v) is 3.37. The van der Waals surface area contributed by atoms with Gasteiger partial charge in [-0.1, -0.05) is 30.3 Å². The molecule has 1 saturated heterocycles. The zero-order valence-electron chi connectivity index (χ0n) is 15.5. The summed E-state index contributed by atoms with van der Waals surface area (Å²) in [7, 11) is 1.87. The maximum absolute atomic E-state index is 12.4. The Morgan fingerprint density at radius 1 is 1.29 bits per heavy atom. The number of carbonyl (C=O) groups is 1. The number of ether oxygens (including phenoxy) is 1. The molecule has 1 aliphatic heterocycles. The third-order valence-electron chi connectivity index (χ3n) is 4.65. The maximum Gasteiger partial charge on any atom is 0.410 e. The van der Waals surface area contributed by atoms with E-state index in [9.17, 15) is 4.79 Å². The van der Waals surface area contributed by atoms with Crippen LogP contribution in [0.25, 0.3) is 0 Å². The Labute approximate surface area is 146 Å². The fraction of sp³-hybridized carbons (Fsp3) is 0.650. The van der Waals surface area contributed by atoms with E-state index in [2.05, 4.69) is 35.6 Å². The van der Waals surface area contributed by atoms with Gasteiger partial charge in [0, 0.05) is 13.6 Å². The lowest BCUT2D eigenvalue weighted by Crippen LogP contribution is -2.52. The summed E-state index contributed by atoms with van der Waals surface area (Å²) in [6.45, 7) is 7.63. The molecule has 1 amide bonds. The Bertz CT molecular complexity index is 510. The van der Waals surface area contributed by atoms with Crippen molar-refractivity contribution in [3.05, 3.63) is 35.9 Å². The van der Waals surface area contributed by atoms with E-state index in [1.54, 1.807) is 4.90 Å². The van der Waals surface area contributed by atoms with E-state index in [1.807, 2.05) is 27.8 Å². The highest BCUT2D eigenvalue weighted by molar-refractivity contribution is 5.68. The van der Waals surface area contributed by atoms with E-state index in [-0.39, 0.29) is 12.1 Å². The number of nitrogens with zero attached hydrogens (tertiary/aromatic N) is 1. The molecule has 0 saturated carbocycles. The minimum atomic E-state index is -0.448. The van der Waals surface area contributed by atoms with Gasteiger partial charge in [-0.2, -0.15) is 0 Å². The van der Waals surface area contributed by atoms with E-state index < -0.39 is 5.60 Å². The molecule has 1 aromatic carbocycles. The minimum absolute atomic E-state index is 0.212. The number of piperidine rings is 1. The summed E-state index contributed by atoms with van der Waals surface area (Å²) in [5.41, 5.74) is 0.944. The molecular formula is C20H32N2O2. The van der Waals surface area contributed by atoms with E-state index in [4.69, 9.17) is 4.74 Å². The van der Waals surface area contributed by atoms with Crippen LogP contribution in [0.1, 0.15) is 45.6 Å². The summed E-state index contributed by atoms with van der Waals surface area (Å²) in [5.74, 6) is 0.535. The summed E-state index contributed by atoms with van der Waals surface area (Å²) >= 11 is 0.